The lowest BCUT2D eigenvalue weighted by Gasteiger charge is -2.15. The zero-order valence-corrected chi connectivity index (χ0v) is 15.0. The molecule has 3 aromatic carbocycles. The molecular weight excluding hydrogens is 372 g/mol. The number of amides is 2. The Balaban J connectivity index is 1.93. The van der Waals surface area contributed by atoms with Crippen LogP contribution in [-0.2, 0) is 4.79 Å². The van der Waals surface area contributed by atoms with Gasteiger partial charge in [-0.1, -0.05) is 48.5 Å². The van der Waals surface area contributed by atoms with Crippen LogP contribution in [-0.4, -0.2) is 21.8 Å². The Morgan fingerprint density at radius 1 is 0.897 bits per heavy atom. The van der Waals surface area contributed by atoms with E-state index in [4.69, 9.17) is 0 Å². The standard InChI is InChI=1S/C22H14N2O5/c25-20(14-7-3-1-4-8-14)19-17-13-16(24(28)29)11-12-18(17)23(22(19)27)21(26)15-9-5-2-6-10-15/h1-13,25H. The summed E-state index contributed by atoms with van der Waals surface area (Å²) in [6.07, 6.45) is 0. The maximum absolute atomic E-state index is 13.2. The summed E-state index contributed by atoms with van der Waals surface area (Å²) < 4.78 is 0. The van der Waals surface area contributed by atoms with E-state index in [2.05, 4.69) is 0 Å². The lowest BCUT2D eigenvalue weighted by atomic mass is 10.0. The molecule has 1 aliphatic rings. The molecule has 1 heterocycles. The summed E-state index contributed by atoms with van der Waals surface area (Å²) in [6.45, 7) is 0. The van der Waals surface area contributed by atoms with Crippen molar-refractivity contribution in [3.63, 3.8) is 0 Å². The molecule has 0 fully saturated rings. The summed E-state index contributed by atoms with van der Waals surface area (Å²) >= 11 is 0. The second-order valence-corrected chi connectivity index (χ2v) is 6.36. The molecule has 0 saturated carbocycles. The fourth-order valence-electron chi connectivity index (χ4n) is 3.25. The zero-order chi connectivity index (χ0) is 20.5. The van der Waals surface area contributed by atoms with Gasteiger partial charge in [-0.2, -0.15) is 0 Å². The van der Waals surface area contributed by atoms with Gasteiger partial charge >= 0.3 is 0 Å². The molecular formula is C22H14N2O5. The van der Waals surface area contributed by atoms with Crippen molar-refractivity contribution in [2.24, 2.45) is 0 Å². The molecule has 0 aromatic heterocycles. The number of rotatable bonds is 3. The lowest BCUT2D eigenvalue weighted by Crippen LogP contribution is -2.33. The number of nitrogens with zero attached hydrogens (tertiary/aromatic N) is 2. The molecule has 1 N–H and O–H groups in total. The molecule has 7 nitrogen and oxygen atoms in total. The van der Waals surface area contributed by atoms with E-state index in [9.17, 15) is 24.8 Å². The van der Waals surface area contributed by atoms with Crippen LogP contribution in [0.5, 0.6) is 0 Å². The van der Waals surface area contributed by atoms with Gasteiger partial charge in [0.05, 0.1) is 16.2 Å². The molecule has 7 heteroatoms. The SMILES string of the molecule is O=C1C(=C(O)c2ccccc2)c2cc([N+](=O)[O-])ccc2N1C(=O)c1ccccc1. The first-order valence-electron chi connectivity index (χ1n) is 8.70. The Labute approximate surface area is 165 Å². The van der Waals surface area contributed by atoms with Crippen LogP contribution < -0.4 is 4.90 Å². The number of nitro benzene ring substituents is 1. The Bertz CT molecular complexity index is 1170. The molecule has 0 atom stereocenters. The number of benzene rings is 3. The average molecular weight is 386 g/mol. The number of fused-ring (bicyclic) bond motifs is 1. The zero-order valence-electron chi connectivity index (χ0n) is 15.0. The molecule has 2 amide bonds. The molecule has 0 spiro atoms. The van der Waals surface area contributed by atoms with Crippen LogP contribution in [0.25, 0.3) is 11.3 Å². The van der Waals surface area contributed by atoms with Gasteiger partial charge in [-0.05, 0) is 18.2 Å². The number of imide groups is 1. The van der Waals surface area contributed by atoms with Crippen LogP contribution >= 0.6 is 0 Å². The van der Waals surface area contributed by atoms with Gasteiger partial charge in [0.1, 0.15) is 5.76 Å². The van der Waals surface area contributed by atoms with Gasteiger partial charge < -0.3 is 5.11 Å². The van der Waals surface area contributed by atoms with E-state index in [1.54, 1.807) is 60.7 Å². The maximum atomic E-state index is 13.2. The highest BCUT2D eigenvalue weighted by Gasteiger charge is 2.40. The van der Waals surface area contributed by atoms with E-state index in [-0.39, 0.29) is 33.8 Å². The van der Waals surface area contributed by atoms with Crippen molar-refractivity contribution in [2.75, 3.05) is 4.90 Å². The largest absolute Gasteiger partial charge is 0.506 e. The van der Waals surface area contributed by atoms with Crippen molar-refractivity contribution in [3.05, 3.63) is 106 Å². The fraction of sp³-hybridized carbons (Fsp3) is 0. The van der Waals surface area contributed by atoms with Crippen molar-refractivity contribution >= 4 is 34.5 Å². The first-order chi connectivity index (χ1) is 14.0. The number of non-ortho nitro benzene ring substituents is 1. The van der Waals surface area contributed by atoms with E-state index in [0.717, 1.165) is 4.90 Å². The highest BCUT2D eigenvalue weighted by atomic mass is 16.6. The Morgan fingerprint density at radius 3 is 2.07 bits per heavy atom. The number of anilines is 1. The fourth-order valence-corrected chi connectivity index (χ4v) is 3.25. The summed E-state index contributed by atoms with van der Waals surface area (Å²) in [4.78, 5) is 37.8. The van der Waals surface area contributed by atoms with Gasteiger partial charge in [-0.15, -0.1) is 0 Å². The molecule has 4 rings (SSSR count). The second-order valence-electron chi connectivity index (χ2n) is 6.36. The highest BCUT2D eigenvalue weighted by molar-refractivity contribution is 6.44. The smallest absolute Gasteiger partial charge is 0.270 e. The third kappa shape index (κ3) is 3.04. The molecule has 142 valence electrons. The van der Waals surface area contributed by atoms with Gasteiger partial charge in [0.15, 0.2) is 0 Å². The van der Waals surface area contributed by atoms with E-state index in [1.807, 2.05) is 0 Å². The van der Waals surface area contributed by atoms with Gasteiger partial charge in [-0.25, -0.2) is 4.90 Å². The van der Waals surface area contributed by atoms with E-state index in [1.165, 1.54) is 18.2 Å². The van der Waals surface area contributed by atoms with Crippen LogP contribution in [0.3, 0.4) is 0 Å². The van der Waals surface area contributed by atoms with Crippen molar-refractivity contribution < 1.29 is 19.6 Å². The van der Waals surface area contributed by atoms with Gasteiger partial charge in [0, 0.05) is 28.8 Å². The first-order valence-corrected chi connectivity index (χ1v) is 8.70. The predicted molar refractivity (Wildman–Crippen MR) is 107 cm³/mol. The minimum Gasteiger partial charge on any atom is -0.506 e. The van der Waals surface area contributed by atoms with Crippen molar-refractivity contribution in [3.8, 4) is 0 Å². The Hall–Kier alpha value is -4.26. The normalized spacial score (nSPS) is 14.5. The number of carbonyl (C=O) groups excluding carboxylic acids is 2. The maximum Gasteiger partial charge on any atom is 0.270 e. The quantitative estimate of drug-likeness (QED) is 0.239. The van der Waals surface area contributed by atoms with Crippen LogP contribution in [0, 0.1) is 10.1 Å². The monoisotopic (exact) mass is 386 g/mol. The average Bonchev–Trinajstić information content (AvgIpc) is 3.04. The van der Waals surface area contributed by atoms with Crippen LogP contribution in [0.2, 0.25) is 0 Å². The molecule has 0 radical (unpaired) electrons. The molecule has 1 aliphatic heterocycles. The summed E-state index contributed by atoms with van der Waals surface area (Å²) in [5.41, 5.74) is 0.567. The Kier molecular flexibility index (Phi) is 4.40. The van der Waals surface area contributed by atoms with Crippen molar-refractivity contribution in [1.29, 1.82) is 0 Å². The molecule has 29 heavy (non-hydrogen) atoms. The van der Waals surface area contributed by atoms with Crippen molar-refractivity contribution in [1.82, 2.24) is 0 Å². The molecule has 3 aromatic rings. The third-order valence-electron chi connectivity index (χ3n) is 4.63. The summed E-state index contributed by atoms with van der Waals surface area (Å²) in [5.74, 6) is -1.67. The van der Waals surface area contributed by atoms with Gasteiger partial charge in [-0.3, -0.25) is 19.7 Å². The number of nitro groups is 1. The predicted octanol–water partition coefficient (Wildman–Crippen LogP) is 4.21. The Morgan fingerprint density at radius 2 is 1.48 bits per heavy atom. The molecule has 0 aliphatic carbocycles. The minimum absolute atomic E-state index is 0.134. The number of hydrogen-bond donors (Lipinski definition) is 1. The van der Waals surface area contributed by atoms with Crippen LogP contribution in [0.4, 0.5) is 11.4 Å². The highest BCUT2D eigenvalue weighted by Crippen LogP contribution is 2.42. The number of aliphatic hydroxyl groups is 1. The van der Waals surface area contributed by atoms with Crippen LogP contribution in [0.15, 0.2) is 78.9 Å². The lowest BCUT2D eigenvalue weighted by molar-refractivity contribution is -0.384. The first kappa shape index (κ1) is 18.1. The minimum atomic E-state index is -0.740. The third-order valence-corrected chi connectivity index (χ3v) is 4.63. The van der Waals surface area contributed by atoms with Gasteiger partial charge in [0.25, 0.3) is 17.5 Å². The van der Waals surface area contributed by atoms with Gasteiger partial charge in [0.2, 0.25) is 0 Å². The molecule has 0 saturated heterocycles. The number of aliphatic hydroxyl groups excluding tert-OH is 1. The van der Waals surface area contributed by atoms with E-state index in [0.29, 0.717) is 5.56 Å². The van der Waals surface area contributed by atoms with Crippen molar-refractivity contribution in [2.45, 2.75) is 0 Å². The number of hydrogen-bond acceptors (Lipinski definition) is 5. The van der Waals surface area contributed by atoms with E-state index < -0.39 is 16.7 Å². The van der Waals surface area contributed by atoms with Crippen LogP contribution in [0.1, 0.15) is 21.5 Å². The van der Waals surface area contributed by atoms with E-state index >= 15 is 0 Å². The molecule has 0 unspecified atom stereocenters. The summed E-state index contributed by atoms with van der Waals surface area (Å²) in [5, 5.41) is 22.0. The summed E-state index contributed by atoms with van der Waals surface area (Å²) in [7, 11) is 0. The molecule has 0 bridgehead atoms. The number of carbonyl (C=O) groups is 2. The topological polar surface area (TPSA) is 101 Å². The second kappa shape index (κ2) is 7.05. The summed E-state index contributed by atoms with van der Waals surface area (Å²) in [6, 6.07) is 20.3.